The standard InChI is InChI=1S/C18H27NO2/c1-3-13-7-6-8-14(11-13)18(19-2)17-12-20-15-9-4-5-10-16(15)21-17/h4-5,9-10,13-14,17-19H,3,6-8,11-12H2,1-2H3. The zero-order valence-corrected chi connectivity index (χ0v) is 13.2. The fourth-order valence-corrected chi connectivity index (χ4v) is 3.97. The summed E-state index contributed by atoms with van der Waals surface area (Å²) in [5, 5.41) is 3.51. The second kappa shape index (κ2) is 6.69. The first kappa shape index (κ1) is 14.7. The fraction of sp³-hybridized carbons (Fsp3) is 0.667. The molecule has 0 spiro atoms. The summed E-state index contributed by atoms with van der Waals surface area (Å²) in [6.45, 7) is 2.97. The maximum atomic E-state index is 6.22. The van der Waals surface area contributed by atoms with Gasteiger partial charge in [0, 0.05) is 0 Å². The molecule has 1 aromatic rings. The Morgan fingerprint density at radius 1 is 1.24 bits per heavy atom. The molecule has 2 aliphatic rings. The van der Waals surface area contributed by atoms with E-state index in [-0.39, 0.29) is 6.10 Å². The third-order valence-corrected chi connectivity index (χ3v) is 5.17. The first-order valence-corrected chi connectivity index (χ1v) is 8.37. The molecule has 3 rings (SSSR count). The van der Waals surface area contributed by atoms with Gasteiger partial charge in [0.1, 0.15) is 12.7 Å². The molecule has 0 saturated heterocycles. The van der Waals surface area contributed by atoms with Crippen molar-refractivity contribution in [2.45, 2.75) is 51.2 Å². The Kier molecular flexibility index (Phi) is 4.69. The Hall–Kier alpha value is -1.22. The van der Waals surface area contributed by atoms with Crippen LogP contribution in [0.2, 0.25) is 0 Å². The summed E-state index contributed by atoms with van der Waals surface area (Å²) >= 11 is 0. The van der Waals surface area contributed by atoms with E-state index in [9.17, 15) is 0 Å². The van der Waals surface area contributed by atoms with E-state index in [1.807, 2.05) is 24.3 Å². The van der Waals surface area contributed by atoms with E-state index in [2.05, 4.69) is 19.3 Å². The predicted molar refractivity (Wildman–Crippen MR) is 84.9 cm³/mol. The molecule has 3 heteroatoms. The van der Waals surface area contributed by atoms with Crippen molar-refractivity contribution in [2.75, 3.05) is 13.7 Å². The van der Waals surface area contributed by atoms with Crippen LogP contribution in [0.1, 0.15) is 39.0 Å². The number of nitrogens with one attached hydrogen (secondary N) is 1. The van der Waals surface area contributed by atoms with Crippen LogP contribution in [0.3, 0.4) is 0 Å². The van der Waals surface area contributed by atoms with Crippen molar-refractivity contribution in [3.8, 4) is 11.5 Å². The first-order chi connectivity index (χ1) is 10.3. The second-order valence-corrected chi connectivity index (χ2v) is 6.43. The highest BCUT2D eigenvalue weighted by molar-refractivity contribution is 5.40. The molecule has 4 unspecified atom stereocenters. The minimum atomic E-state index is 0.116. The van der Waals surface area contributed by atoms with Crippen LogP contribution in [0, 0.1) is 11.8 Å². The van der Waals surface area contributed by atoms with Crippen LogP contribution in [-0.4, -0.2) is 25.8 Å². The summed E-state index contributed by atoms with van der Waals surface area (Å²) in [7, 11) is 2.06. The summed E-state index contributed by atoms with van der Waals surface area (Å²) in [5.41, 5.74) is 0. The molecule has 0 bridgehead atoms. The SMILES string of the molecule is CCC1CCCC(C(NC)C2COc3ccccc3O2)C1. The van der Waals surface area contributed by atoms with Crippen LogP contribution in [0.5, 0.6) is 11.5 Å². The summed E-state index contributed by atoms with van der Waals surface area (Å²) in [4.78, 5) is 0. The summed E-state index contributed by atoms with van der Waals surface area (Å²) in [6.07, 6.45) is 6.80. The maximum absolute atomic E-state index is 6.22. The predicted octanol–water partition coefficient (Wildman–Crippen LogP) is 3.63. The molecule has 4 atom stereocenters. The van der Waals surface area contributed by atoms with Gasteiger partial charge in [0.15, 0.2) is 11.5 Å². The van der Waals surface area contributed by atoms with Gasteiger partial charge in [-0.05, 0) is 43.9 Å². The zero-order chi connectivity index (χ0) is 14.7. The van der Waals surface area contributed by atoms with Gasteiger partial charge in [-0.3, -0.25) is 0 Å². The molecule has 21 heavy (non-hydrogen) atoms. The molecule has 116 valence electrons. The largest absolute Gasteiger partial charge is 0.486 e. The first-order valence-electron chi connectivity index (χ1n) is 8.37. The molecule has 1 aliphatic carbocycles. The topological polar surface area (TPSA) is 30.5 Å². The van der Waals surface area contributed by atoms with Crippen LogP contribution in [0.4, 0.5) is 0 Å². The molecule has 0 amide bonds. The van der Waals surface area contributed by atoms with Gasteiger partial charge >= 0.3 is 0 Å². The molecule has 0 aromatic heterocycles. The third kappa shape index (κ3) is 3.18. The Labute approximate surface area is 128 Å². The van der Waals surface area contributed by atoms with Crippen molar-refractivity contribution < 1.29 is 9.47 Å². The van der Waals surface area contributed by atoms with Crippen molar-refractivity contribution in [1.29, 1.82) is 0 Å². The van der Waals surface area contributed by atoms with Crippen LogP contribution in [0.25, 0.3) is 0 Å². The smallest absolute Gasteiger partial charge is 0.161 e. The van der Waals surface area contributed by atoms with E-state index >= 15 is 0 Å². The molecule has 1 aliphatic heterocycles. The minimum Gasteiger partial charge on any atom is -0.486 e. The van der Waals surface area contributed by atoms with Gasteiger partial charge in [-0.1, -0.05) is 38.3 Å². The molecule has 0 radical (unpaired) electrons. The Bertz CT molecular complexity index is 462. The van der Waals surface area contributed by atoms with Crippen LogP contribution >= 0.6 is 0 Å². The van der Waals surface area contributed by atoms with E-state index < -0.39 is 0 Å². The minimum absolute atomic E-state index is 0.116. The number of rotatable bonds is 4. The number of fused-ring (bicyclic) bond motifs is 1. The second-order valence-electron chi connectivity index (χ2n) is 6.43. The Balaban J connectivity index is 1.69. The number of likely N-dealkylation sites (N-methyl/N-ethyl adjacent to an activating group) is 1. The highest BCUT2D eigenvalue weighted by Gasteiger charge is 2.35. The average molecular weight is 289 g/mol. The van der Waals surface area contributed by atoms with E-state index in [4.69, 9.17) is 9.47 Å². The average Bonchev–Trinajstić information content (AvgIpc) is 2.56. The number of para-hydroxylation sites is 2. The van der Waals surface area contributed by atoms with E-state index in [1.165, 1.54) is 32.1 Å². The molecule has 1 fully saturated rings. The van der Waals surface area contributed by atoms with Crippen LogP contribution < -0.4 is 14.8 Å². The maximum Gasteiger partial charge on any atom is 0.161 e. The summed E-state index contributed by atoms with van der Waals surface area (Å²) < 4.78 is 12.1. The van der Waals surface area contributed by atoms with Gasteiger partial charge < -0.3 is 14.8 Å². The molecule has 3 nitrogen and oxygen atoms in total. The van der Waals surface area contributed by atoms with Crippen LogP contribution in [-0.2, 0) is 0 Å². The lowest BCUT2D eigenvalue weighted by Crippen LogP contribution is -2.51. The van der Waals surface area contributed by atoms with Gasteiger partial charge in [0.2, 0.25) is 0 Å². The molecular formula is C18H27NO2. The Morgan fingerprint density at radius 2 is 2.05 bits per heavy atom. The zero-order valence-electron chi connectivity index (χ0n) is 13.2. The van der Waals surface area contributed by atoms with Crippen molar-refractivity contribution in [3.63, 3.8) is 0 Å². The lowest BCUT2D eigenvalue weighted by Gasteiger charge is -2.39. The summed E-state index contributed by atoms with van der Waals surface area (Å²) in [6, 6.07) is 8.36. The normalized spacial score (nSPS) is 29.9. The highest BCUT2D eigenvalue weighted by atomic mass is 16.6. The molecular weight excluding hydrogens is 262 g/mol. The van der Waals surface area contributed by atoms with Gasteiger partial charge in [0.25, 0.3) is 0 Å². The number of benzene rings is 1. The molecule has 1 heterocycles. The lowest BCUT2D eigenvalue weighted by molar-refractivity contribution is 0.0340. The highest BCUT2D eigenvalue weighted by Crippen LogP contribution is 2.37. The van der Waals surface area contributed by atoms with Gasteiger partial charge in [-0.15, -0.1) is 0 Å². The number of hydrogen-bond donors (Lipinski definition) is 1. The number of hydrogen-bond acceptors (Lipinski definition) is 3. The van der Waals surface area contributed by atoms with Gasteiger partial charge in [-0.25, -0.2) is 0 Å². The quantitative estimate of drug-likeness (QED) is 0.918. The van der Waals surface area contributed by atoms with Gasteiger partial charge in [0.05, 0.1) is 6.04 Å². The lowest BCUT2D eigenvalue weighted by atomic mass is 9.75. The van der Waals surface area contributed by atoms with E-state index in [0.29, 0.717) is 18.6 Å². The Morgan fingerprint density at radius 3 is 2.81 bits per heavy atom. The van der Waals surface area contributed by atoms with E-state index in [0.717, 1.165) is 17.4 Å². The number of ether oxygens (including phenoxy) is 2. The van der Waals surface area contributed by atoms with Crippen molar-refractivity contribution in [2.24, 2.45) is 11.8 Å². The fourth-order valence-electron chi connectivity index (χ4n) is 3.97. The van der Waals surface area contributed by atoms with Gasteiger partial charge in [-0.2, -0.15) is 0 Å². The van der Waals surface area contributed by atoms with Crippen molar-refractivity contribution in [3.05, 3.63) is 24.3 Å². The molecule has 1 N–H and O–H groups in total. The monoisotopic (exact) mass is 289 g/mol. The third-order valence-electron chi connectivity index (χ3n) is 5.17. The molecule has 1 aromatic carbocycles. The van der Waals surface area contributed by atoms with Crippen LogP contribution in [0.15, 0.2) is 24.3 Å². The van der Waals surface area contributed by atoms with Crippen molar-refractivity contribution >= 4 is 0 Å². The van der Waals surface area contributed by atoms with E-state index in [1.54, 1.807) is 0 Å². The molecule has 1 saturated carbocycles. The van der Waals surface area contributed by atoms with Crippen molar-refractivity contribution in [1.82, 2.24) is 5.32 Å². The summed E-state index contributed by atoms with van der Waals surface area (Å²) in [5.74, 6) is 3.35.